The molecule has 2 atom stereocenters. The third kappa shape index (κ3) is 4.23. The minimum atomic E-state index is -0.894. The molecule has 0 radical (unpaired) electrons. The molecule has 2 N–H and O–H groups in total. The summed E-state index contributed by atoms with van der Waals surface area (Å²) in [6, 6.07) is 4.76. The van der Waals surface area contributed by atoms with E-state index in [1.165, 1.54) is 24.3 Å². The van der Waals surface area contributed by atoms with Gasteiger partial charge in [-0.3, -0.25) is 4.79 Å². The van der Waals surface area contributed by atoms with Crippen LogP contribution in [-0.2, 0) is 4.79 Å². The largest absolute Gasteiger partial charge is 0.507 e. The van der Waals surface area contributed by atoms with Gasteiger partial charge in [-0.05, 0) is 38.1 Å². The van der Waals surface area contributed by atoms with Gasteiger partial charge >= 0.3 is 0 Å². The number of fused-ring (bicyclic) bond motifs is 1. The smallest absolute Gasteiger partial charge is 0.246 e. The van der Waals surface area contributed by atoms with Crippen molar-refractivity contribution in [2.45, 2.75) is 32.0 Å². The van der Waals surface area contributed by atoms with Gasteiger partial charge in [-0.2, -0.15) is 4.98 Å². The molecule has 11 heteroatoms. The number of aliphatic hydroxyl groups excluding tert-OH is 1. The monoisotopic (exact) mass is 529 g/mol. The Morgan fingerprint density at radius 1 is 1.14 bits per heavy atom. The summed E-state index contributed by atoms with van der Waals surface area (Å²) in [6.45, 7) is 8.81. The fraction of sp³-hybridized carbons (Fsp3) is 0.346. The summed E-state index contributed by atoms with van der Waals surface area (Å²) in [5.74, 6) is -1.73. The number of halogens is 3. The molecule has 194 valence electrons. The molecule has 0 bridgehead atoms. The summed E-state index contributed by atoms with van der Waals surface area (Å²) in [4.78, 5) is 26.9. The number of hydrogen-bond acceptors (Lipinski definition) is 7. The first-order valence-electron chi connectivity index (χ1n) is 11.9. The van der Waals surface area contributed by atoms with Crippen molar-refractivity contribution in [1.82, 2.24) is 14.9 Å². The van der Waals surface area contributed by atoms with E-state index in [0.717, 1.165) is 6.07 Å². The van der Waals surface area contributed by atoms with Crippen LogP contribution < -0.4 is 9.80 Å². The quantitative estimate of drug-likeness (QED) is 0.497. The van der Waals surface area contributed by atoms with Crippen LogP contribution in [0.25, 0.3) is 22.0 Å². The Morgan fingerprint density at radius 2 is 1.81 bits per heavy atom. The molecule has 2 aromatic carbocycles. The number of piperazine rings is 1. The Bertz CT molecular complexity index is 1380. The van der Waals surface area contributed by atoms with Crippen LogP contribution in [0.4, 0.5) is 20.5 Å². The first-order chi connectivity index (χ1) is 17.6. The zero-order chi connectivity index (χ0) is 26.6. The van der Waals surface area contributed by atoms with Crippen LogP contribution in [0.5, 0.6) is 5.75 Å². The molecule has 5 rings (SSSR count). The van der Waals surface area contributed by atoms with Crippen LogP contribution in [-0.4, -0.2) is 75.4 Å². The number of rotatable bonds is 4. The second-order valence-corrected chi connectivity index (χ2v) is 9.94. The maximum absolute atomic E-state index is 16.2. The van der Waals surface area contributed by atoms with E-state index in [2.05, 4.69) is 11.6 Å². The van der Waals surface area contributed by atoms with Crippen LogP contribution in [0.2, 0.25) is 5.02 Å². The van der Waals surface area contributed by atoms with Crippen molar-refractivity contribution in [3.8, 4) is 16.9 Å². The lowest BCUT2D eigenvalue weighted by atomic mass is 10.00. The Morgan fingerprint density at radius 3 is 2.41 bits per heavy atom. The fourth-order valence-corrected chi connectivity index (χ4v) is 5.45. The number of benzene rings is 2. The number of carbonyl (C=O) groups is 1. The van der Waals surface area contributed by atoms with Gasteiger partial charge in [-0.25, -0.2) is 13.8 Å². The number of aromatic hydroxyl groups is 1. The summed E-state index contributed by atoms with van der Waals surface area (Å²) >= 11 is 6.51. The van der Waals surface area contributed by atoms with E-state index in [0.29, 0.717) is 24.3 Å². The van der Waals surface area contributed by atoms with Gasteiger partial charge in [0.2, 0.25) is 11.9 Å². The highest BCUT2D eigenvalue weighted by Crippen LogP contribution is 2.43. The van der Waals surface area contributed by atoms with Crippen LogP contribution in [0.3, 0.4) is 0 Å². The highest BCUT2D eigenvalue weighted by molar-refractivity contribution is 6.34. The number of nitrogens with zero attached hydrogens (tertiary/aromatic N) is 5. The number of β-amino-alcohol motifs (C(OH)–C–C–N with tert-alkyl or cyclic N) is 1. The molecule has 1 amide bonds. The standard InChI is InChI=1S/C26H26ClF2N5O3/c1-4-20(37)32-9-13(2)34(14(3)10-32)25-16-8-17(27)21(22-18(28)6-5-7-19(22)36)23(29)24(16)30-26(31-25)33-11-15(35)12-33/h4-8,13-15,35-36H,1,9-12H2,2-3H3/t13-,14+. The Kier molecular flexibility index (Phi) is 6.41. The number of amides is 1. The molecule has 2 saturated heterocycles. The van der Waals surface area contributed by atoms with E-state index < -0.39 is 23.5 Å². The van der Waals surface area contributed by atoms with Crippen LogP contribution in [0.1, 0.15) is 13.8 Å². The van der Waals surface area contributed by atoms with Crippen molar-refractivity contribution in [3.63, 3.8) is 0 Å². The van der Waals surface area contributed by atoms with Gasteiger partial charge in [0, 0.05) is 49.2 Å². The Hall–Kier alpha value is -3.50. The molecule has 1 aromatic heterocycles. The highest BCUT2D eigenvalue weighted by Gasteiger charge is 2.36. The molecule has 37 heavy (non-hydrogen) atoms. The average Bonchev–Trinajstić information content (AvgIpc) is 2.83. The molecule has 0 unspecified atom stereocenters. The molecule has 8 nitrogen and oxygen atoms in total. The van der Waals surface area contributed by atoms with E-state index in [1.54, 1.807) is 9.80 Å². The number of hydrogen-bond donors (Lipinski definition) is 2. The lowest BCUT2D eigenvalue weighted by molar-refractivity contribution is -0.127. The third-order valence-electron chi connectivity index (χ3n) is 6.89. The van der Waals surface area contributed by atoms with E-state index in [1.807, 2.05) is 18.7 Å². The van der Waals surface area contributed by atoms with Gasteiger partial charge in [-0.1, -0.05) is 24.2 Å². The van der Waals surface area contributed by atoms with Crippen LogP contribution in [0, 0.1) is 11.6 Å². The average molecular weight is 530 g/mol. The second kappa shape index (κ2) is 9.42. The number of aliphatic hydroxyl groups is 1. The third-order valence-corrected chi connectivity index (χ3v) is 7.19. The number of aromatic nitrogens is 2. The van der Waals surface area contributed by atoms with Gasteiger partial charge in [-0.15, -0.1) is 0 Å². The normalized spacial score (nSPS) is 20.3. The molecule has 0 saturated carbocycles. The van der Waals surface area contributed by atoms with Crippen molar-refractivity contribution >= 4 is 40.2 Å². The first-order valence-corrected chi connectivity index (χ1v) is 12.3. The molecular weight excluding hydrogens is 504 g/mol. The Labute approximate surface area is 217 Å². The zero-order valence-corrected chi connectivity index (χ0v) is 21.1. The maximum Gasteiger partial charge on any atom is 0.246 e. The van der Waals surface area contributed by atoms with Crippen molar-refractivity contribution < 1.29 is 23.8 Å². The number of phenols is 1. The van der Waals surface area contributed by atoms with Crippen molar-refractivity contribution in [2.24, 2.45) is 0 Å². The summed E-state index contributed by atoms with van der Waals surface area (Å²) in [5.41, 5.74) is -0.745. The SMILES string of the molecule is C=CC(=O)N1C[C@@H](C)N(c2nc(N3CC(O)C3)nc3c(F)c(-c4c(O)cccc4F)c(Cl)cc23)[C@@H](C)C1. The van der Waals surface area contributed by atoms with Crippen LogP contribution >= 0.6 is 11.6 Å². The molecule has 2 aliphatic rings. The molecule has 0 aliphatic carbocycles. The molecule has 3 heterocycles. The lowest BCUT2D eigenvalue weighted by Gasteiger charge is -2.45. The minimum absolute atomic E-state index is 0.0903. The minimum Gasteiger partial charge on any atom is -0.507 e. The zero-order valence-electron chi connectivity index (χ0n) is 20.3. The Balaban J connectivity index is 1.72. The summed E-state index contributed by atoms with van der Waals surface area (Å²) in [5, 5.41) is 20.4. The predicted molar refractivity (Wildman–Crippen MR) is 138 cm³/mol. The van der Waals surface area contributed by atoms with Gasteiger partial charge in [0.1, 0.15) is 22.9 Å². The summed E-state index contributed by atoms with van der Waals surface area (Å²) in [6.07, 6.45) is 0.729. The maximum atomic E-state index is 16.2. The van der Waals surface area contributed by atoms with Crippen LogP contribution in [0.15, 0.2) is 36.9 Å². The molecule has 2 fully saturated rings. The van der Waals surface area contributed by atoms with E-state index in [4.69, 9.17) is 16.6 Å². The lowest BCUT2D eigenvalue weighted by Crippen LogP contribution is -2.58. The molecule has 0 spiro atoms. The van der Waals surface area contributed by atoms with Crippen molar-refractivity contribution in [3.05, 3.63) is 53.6 Å². The van der Waals surface area contributed by atoms with E-state index >= 15 is 4.39 Å². The summed E-state index contributed by atoms with van der Waals surface area (Å²) < 4.78 is 30.9. The van der Waals surface area contributed by atoms with E-state index in [-0.39, 0.29) is 58.7 Å². The first kappa shape index (κ1) is 25.2. The number of anilines is 2. The van der Waals surface area contributed by atoms with Crippen molar-refractivity contribution in [1.29, 1.82) is 0 Å². The van der Waals surface area contributed by atoms with Gasteiger partial charge in [0.25, 0.3) is 0 Å². The van der Waals surface area contributed by atoms with Gasteiger partial charge in [0.05, 0.1) is 16.7 Å². The molecule has 2 aliphatic heterocycles. The predicted octanol–water partition coefficient (Wildman–Crippen LogP) is 3.73. The van der Waals surface area contributed by atoms with E-state index in [9.17, 15) is 19.4 Å². The molecular formula is C26H26ClF2N5O3. The van der Waals surface area contributed by atoms with Crippen molar-refractivity contribution in [2.75, 3.05) is 36.0 Å². The highest BCUT2D eigenvalue weighted by atomic mass is 35.5. The van der Waals surface area contributed by atoms with Gasteiger partial charge in [0.15, 0.2) is 5.82 Å². The number of phenolic OH excluding ortho intramolecular Hbond substituents is 1. The second-order valence-electron chi connectivity index (χ2n) is 9.54. The molecule has 3 aromatic rings. The fourth-order valence-electron chi connectivity index (χ4n) is 5.16. The number of carbonyl (C=O) groups excluding carboxylic acids is 1. The van der Waals surface area contributed by atoms with Gasteiger partial charge < -0.3 is 24.9 Å². The summed E-state index contributed by atoms with van der Waals surface area (Å²) in [7, 11) is 0. The topological polar surface area (TPSA) is 93.0 Å².